The van der Waals surface area contributed by atoms with Crippen LogP contribution in [0.2, 0.25) is 0 Å². The first-order valence-electron chi connectivity index (χ1n) is 6.76. The Bertz CT molecular complexity index is 462. The van der Waals surface area contributed by atoms with Crippen LogP contribution in [-0.2, 0) is 0 Å². The number of hydrogen-bond acceptors (Lipinski definition) is 3. The normalized spacial score (nSPS) is 17.4. The second-order valence-corrected chi connectivity index (χ2v) is 6.17. The van der Waals surface area contributed by atoms with Crippen LogP contribution in [0.3, 0.4) is 0 Å². The van der Waals surface area contributed by atoms with Crippen molar-refractivity contribution in [3.05, 3.63) is 51.0 Å². The Balaban J connectivity index is 2.09. The number of thioether (sulfide) groups is 1. The smallest absolute Gasteiger partial charge is 0.258 e. The molecule has 2 rings (SSSR count). The topological polar surface area (TPSA) is 43.1 Å². The molecule has 0 N–H and O–H groups in total. The second-order valence-electron chi connectivity index (χ2n) is 5.08. The quantitative estimate of drug-likeness (QED) is 0.451. The first kappa shape index (κ1) is 14.1. The minimum atomic E-state index is -0.251. The Hall–Kier alpha value is -1.29. The molecule has 0 bridgehead atoms. The molecule has 1 saturated carbocycles. The summed E-state index contributed by atoms with van der Waals surface area (Å²) in [5, 5.41) is 11.4. The number of rotatable bonds is 4. The van der Waals surface area contributed by atoms with Crippen LogP contribution in [-0.4, -0.2) is 4.92 Å². The van der Waals surface area contributed by atoms with E-state index in [-0.39, 0.29) is 9.95 Å². The van der Waals surface area contributed by atoms with E-state index >= 15 is 0 Å². The Morgan fingerprint density at radius 1 is 1.26 bits per heavy atom. The van der Waals surface area contributed by atoms with Gasteiger partial charge < -0.3 is 0 Å². The molecule has 1 aromatic rings. The highest BCUT2D eigenvalue weighted by Gasteiger charge is 2.18. The van der Waals surface area contributed by atoms with Crippen molar-refractivity contribution in [3.63, 3.8) is 0 Å². The van der Waals surface area contributed by atoms with Crippen molar-refractivity contribution in [2.75, 3.05) is 0 Å². The molecule has 3 nitrogen and oxygen atoms in total. The molecular weight excluding hydrogens is 258 g/mol. The van der Waals surface area contributed by atoms with Gasteiger partial charge in [-0.3, -0.25) is 10.1 Å². The van der Waals surface area contributed by atoms with Gasteiger partial charge in [-0.05, 0) is 49.6 Å². The third kappa shape index (κ3) is 4.39. The zero-order chi connectivity index (χ0) is 13.7. The van der Waals surface area contributed by atoms with Gasteiger partial charge in [-0.1, -0.05) is 37.0 Å². The van der Waals surface area contributed by atoms with Crippen LogP contribution in [0.1, 0.15) is 37.7 Å². The van der Waals surface area contributed by atoms with E-state index in [1.807, 2.05) is 37.3 Å². The van der Waals surface area contributed by atoms with Crippen molar-refractivity contribution < 1.29 is 4.92 Å². The number of nitrogens with zero attached hydrogens (tertiary/aromatic N) is 1. The predicted molar refractivity (Wildman–Crippen MR) is 78.7 cm³/mol. The number of allylic oxidation sites excluding steroid dienone is 1. The molecule has 0 spiro atoms. The van der Waals surface area contributed by atoms with Gasteiger partial charge in [-0.25, -0.2) is 0 Å². The lowest BCUT2D eigenvalue weighted by molar-refractivity contribution is -0.410. The lowest BCUT2D eigenvalue weighted by atomic mass is 9.89. The van der Waals surface area contributed by atoms with Crippen LogP contribution in [0.5, 0.6) is 0 Å². The zero-order valence-electron chi connectivity index (χ0n) is 11.2. The summed E-state index contributed by atoms with van der Waals surface area (Å²) in [5.41, 5.74) is 1.17. The van der Waals surface area contributed by atoms with E-state index in [0.29, 0.717) is 5.92 Å². The highest BCUT2D eigenvalue weighted by molar-refractivity contribution is 8.02. The molecule has 0 saturated heterocycles. The number of hydrogen-bond donors (Lipinski definition) is 0. The highest BCUT2D eigenvalue weighted by atomic mass is 32.2. The minimum Gasteiger partial charge on any atom is -0.258 e. The molecule has 1 fully saturated rings. The molecule has 0 unspecified atom stereocenters. The first-order chi connectivity index (χ1) is 9.15. The van der Waals surface area contributed by atoms with Gasteiger partial charge in [0.05, 0.1) is 4.92 Å². The SMILES string of the molecule is Cc1ccc(S/C(=C\C2CCCCC2)[N+](=O)[O-])cc1. The van der Waals surface area contributed by atoms with Gasteiger partial charge in [0.15, 0.2) is 0 Å². The summed E-state index contributed by atoms with van der Waals surface area (Å²) in [7, 11) is 0. The fourth-order valence-corrected chi connectivity index (χ4v) is 3.21. The third-order valence-corrected chi connectivity index (χ3v) is 4.45. The van der Waals surface area contributed by atoms with Crippen LogP contribution < -0.4 is 0 Å². The van der Waals surface area contributed by atoms with Crippen LogP contribution >= 0.6 is 11.8 Å². The van der Waals surface area contributed by atoms with Gasteiger partial charge in [0, 0.05) is 11.0 Å². The van der Waals surface area contributed by atoms with Crippen molar-refractivity contribution in [1.29, 1.82) is 0 Å². The molecule has 102 valence electrons. The molecule has 19 heavy (non-hydrogen) atoms. The van der Waals surface area contributed by atoms with Crippen molar-refractivity contribution in [2.24, 2.45) is 5.92 Å². The molecule has 4 heteroatoms. The molecular formula is C15H19NO2S. The highest BCUT2D eigenvalue weighted by Crippen LogP contribution is 2.32. The van der Waals surface area contributed by atoms with Crippen LogP contribution in [0, 0.1) is 23.0 Å². The summed E-state index contributed by atoms with van der Waals surface area (Å²) in [4.78, 5) is 11.8. The predicted octanol–water partition coefficient (Wildman–Crippen LogP) is 4.79. The maximum Gasteiger partial charge on any atom is 0.304 e. The summed E-state index contributed by atoms with van der Waals surface area (Å²) in [5.74, 6) is 0.382. The lowest BCUT2D eigenvalue weighted by Gasteiger charge is -2.17. The molecule has 0 aliphatic heterocycles. The number of aryl methyl sites for hydroxylation is 1. The number of benzene rings is 1. The molecule has 0 amide bonds. The Kier molecular flexibility index (Phi) is 5.02. The van der Waals surface area contributed by atoms with Gasteiger partial charge >= 0.3 is 5.03 Å². The maximum atomic E-state index is 11.2. The molecule has 0 aromatic heterocycles. The molecule has 0 radical (unpaired) electrons. The zero-order valence-corrected chi connectivity index (χ0v) is 12.0. The van der Waals surface area contributed by atoms with Crippen LogP contribution in [0.15, 0.2) is 40.3 Å². The molecule has 1 aliphatic carbocycles. The van der Waals surface area contributed by atoms with Crippen molar-refractivity contribution in [2.45, 2.75) is 43.9 Å². The van der Waals surface area contributed by atoms with Crippen molar-refractivity contribution in [1.82, 2.24) is 0 Å². The van der Waals surface area contributed by atoms with Crippen LogP contribution in [0.25, 0.3) is 0 Å². The molecule has 0 atom stereocenters. The van der Waals surface area contributed by atoms with Gasteiger partial charge in [0.25, 0.3) is 0 Å². The summed E-state index contributed by atoms with van der Waals surface area (Å²) < 4.78 is 0. The standard InChI is InChI=1S/C15H19NO2S/c1-12-7-9-14(10-8-12)19-15(16(17)18)11-13-5-3-2-4-6-13/h7-11,13H,2-6H2,1H3/b15-11-. The first-order valence-corrected chi connectivity index (χ1v) is 7.57. The van der Waals surface area contributed by atoms with Gasteiger partial charge in [0.2, 0.25) is 0 Å². The van der Waals surface area contributed by atoms with E-state index in [1.165, 1.54) is 36.6 Å². The van der Waals surface area contributed by atoms with Gasteiger partial charge in [-0.15, -0.1) is 0 Å². The van der Waals surface area contributed by atoms with Crippen LogP contribution in [0.4, 0.5) is 0 Å². The second kappa shape index (κ2) is 6.75. The third-order valence-electron chi connectivity index (χ3n) is 3.45. The number of nitro groups is 1. The van der Waals surface area contributed by atoms with Crippen molar-refractivity contribution in [3.8, 4) is 0 Å². The molecule has 1 aliphatic rings. The van der Waals surface area contributed by atoms with E-state index < -0.39 is 0 Å². The monoisotopic (exact) mass is 277 g/mol. The van der Waals surface area contributed by atoms with E-state index in [2.05, 4.69) is 0 Å². The Labute approximate surface area is 118 Å². The fraction of sp³-hybridized carbons (Fsp3) is 0.467. The summed E-state index contributed by atoms with van der Waals surface area (Å²) in [6.07, 6.45) is 7.70. The Morgan fingerprint density at radius 3 is 2.47 bits per heavy atom. The lowest BCUT2D eigenvalue weighted by Crippen LogP contribution is -2.06. The molecule has 0 heterocycles. The summed E-state index contributed by atoms with van der Waals surface area (Å²) >= 11 is 1.26. The maximum absolute atomic E-state index is 11.2. The van der Waals surface area contributed by atoms with Gasteiger partial charge in [0.1, 0.15) is 0 Å². The average molecular weight is 277 g/mol. The largest absolute Gasteiger partial charge is 0.304 e. The van der Waals surface area contributed by atoms with E-state index in [1.54, 1.807) is 0 Å². The van der Waals surface area contributed by atoms with Crippen molar-refractivity contribution >= 4 is 11.8 Å². The van der Waals surface area contributed by atoms with E-state index in [0.717, 1.165) is 17.7 Å². The minimum absolute atomic E-state index is 0.251. The molecule has 1 aromatic carbocycles. The summed E-state index contributed by atoms with van der Waals surface area (Å²) in [6, 6.07) is 7.86. The summed E-state index contributed by atoms with van der Waals surface area (Å²) in [6.45, 7) is 2.01. The van der Waals surface area contributed by atoms with E-state index in [9.17, 15) is 10.1 Å². The van der Waals surface area contributed by atoms with E-state index in [4.69, 9.17) is 0 Å². The average Bonchev–Trinajstić information content (AvgIpc) is 2.41. The van der Waals surface area contributed by atoms with Gasteiger partial charge in [-0.2, -0.15) is 0 Å². The fourth-order valence-electron chi connectivity index (χ4n) is 2.36. The Morgan fingerprint density at radius 2 is 1.89 bits per heavy atom.